The Balaban J connectivity index is 2.92. The fourth-order valence-corrected chi connectivity index (χ4v) is 1.76. The summed E-state index contributed by atoms with van der Waals surface area (Å²) in [7, 11) is 1.95. The maximum Gasteiger partial charge on any atom is 0.138 e. The Morgan fingerprint density at radius 3 is 2.59 bits per heavy atom. The summed E-state index contributed by atoms with van der Waals surface area (Å²) in [5, 5.41) is 3.23. The maximum atomic E-state index is 5.65. The smallest absolute Gasteiger partial charge is 0.138 e. The highest BCUT2D eigenvalue weighted by Crippen LogP contribution is 2.23. The summed E-state index contributed by atoms with van der Waals surface area (Å²) in [4.78, 5) is 4.22. The van der Waals surface area contributed by atoms with Crippen molar-refractivity contribution in [2.75, 3.05) is 7.05 Å². The third kappa shape index (κ3) is 3.86. The fraction of sp³-hybridized carbons (Fsp3) is 0.500. The molecule has 0 fully saturated rings. The number of ether oxygens (including phenoxy) is 1. The number of aromatic nitrogens is 1. The molecule has 0 aliphatic heterocycles. The van der Waals surface area contributed by atoms with E-state index in [0.717, 1.165) is 11.3 Å². The molecular weight excluding hydrogens is 212 g/mol. The van der Waals surface area contributed by atoms with Gasteiger partial charge < -0.3 is 10.1 Å². The van der Waals surface area contributed by atoms with Gasteiger partial charge in [-0.15, -0.1) is 6.58 Å². The summed E-state index contributed by atoms with van der Waals surface area (Å²) >= 11 is 0. The molecule has 1 aromatic rings. The van der Waals surface area contributed by atoms with Gasteiger partial charge in [-0.25, -0.2) is 0 Å². The third-order valence-electron chi connectivity index (χ3n) is 2.74. The predicted molar refractivity (Wildman–Crippen MR) is 71.5 cm³/mol. The number of hydrogen-bond donors (Lipinski definition) is 1. The van der Waals surface area contributed by atoms with Crippen molar-refractivity contribution < 1.29 is 4.74 Å². The lowest BCUT2D eigenvalue weighted by atomic mass is 9.94. The zero-order valence-electron chi connectivity index (χ0n) is 11.1. The Kier molecular flexibility index (Phi) is 5.16. The Bertz CT molecular complexity index is 363. The van der Waals surface area contributed by atoms with Gasteiger partial charge in [0.25, 0.3) is 0 Å². The third-order valence-corrected chi connectivity index (χ3v) is 2.74. The molecule has 3 nitrogen and oxygen atoms in total. The first-order valence-corrected chi connectivity index (χ1v) is 6.00. The van der Waals surface area contributed by atoms with Crippen LogP contribution in [0, 0.1) is 0 Å². The highest BCUT2D eigenvalue weighted by molar-refractivity contribution is 5.30. The molecule has 3 heteroatoms. The van der Waals surface area contributed by atoms with Gasteiger partial charge in [-0.1, -0.05) is 6.08 Å². The van der Waals surface area contributed by atoms with Crippen LogP contribution in [0.2, 0.25) is 0 Å². The van der Waals surface area contributed by atoms with E-state index < -0.39 is 0 Å². The molecule has 0 bridgehead atoms. The molecule has 0 amide bonds. The lowest BCUT2D eigenvalue weighted by molar-refractivity contribution is 0.241. The van der Waals surface area contributed by atoms with Crippen molar-refractivity contribution in [1.82, 2.24) is 10.3 Å². The first kappa shape index (κ1) is 13.7. The van der Waals surface area contributed by atoms with Crippen molar-refractivity contribution in [2.24, 2.45) is 0 Å². The van der Waals surface area contributed by atoms with E-state index in [1.807, 2.05) is 39.2 Å². The molecule has 0 aliphatic rings. The average Bonchev–Trinajstić information content (AvgIpc) is 2.29. The van der Waals surface area contributed by atoms with Gasteiger partial charge >= 0.3 is 0 Å². The van der Waals surface area contributed by atoms with Gasteiger partial charge in [0.2, 0.25) is 0 Å². The summed E-state index contributed by atoms with van der Waals surface area (Å²) in [5.74, 6) is 1.05. The van der Waals surface area contributed by atoms with Gasteiger partial charge in [0.05, 0.1) is 12.3 Å². The van der Waals surface area contributed by atoms with E-state index in [9.17, 15) is 0 Å². The summed E-state index contributed by atoms with van der Waals surface area (Å²) in [6.45, 7) is 10.0. The summed E-state index contributed by atoms with van der Waals surface area (Å²) in [6.07, 6.45) is 5.72. The number of pyridine rings is 1. The monoisotopic (exact) mass is 234 g/mol. The minimum Gasteiger partial charge on any atom is -0.489 e. The van der Waals surface area contributed by atoms with E-state index >= 15 is 0 Å². The summed E-state index contributed by atoms with van der Waals surface area (Å²) < 4.78 is 5.65. The van der Waals surface area contributed by atoms with Crippen LogP contribution >= 0.6 is 0 Å². The molecule has 17 heavy (non-hydrogen) atoms. The van der Waals surface area contributed by atoms with Crippen LogP contribution in [-0.2, 0) is 0 Å². The first-order valence-electron chi connectivity index (χ1n) is 6.00. The minimum absolute atomic E-state index is 0.163. The van der Waals surface area contributed by atoms with Crippen molar-refractivity contribution in [3.63, 3.8) is 0 Å². The molecule has 1 heterocycles. The van der Waals surface area contributed by atoms with Crippen LogP contribution in [0.5, 0.6) is 5.75 Å². The number of nitrogens with zero attached hydrogens (tertiary/aromatic N) is 1. The van der Waals surface area contributed by atoms with Crippen LogP contribution < -0.4 is 10.1 Å². The number of hydrogen-bond acceptors (Lipinski definition) is 3. The molecule has 0 spiro atoms. The van der Waals surface area contributed by atoms with Crippen LogP contribution in [0.3, 0.4) is 0 Å². The number of likely N-dealkylation sites (N-methyl/N-ethyl adjacent to an activating group) is 1. The molecular formula is C14H22N2O. The number of rotatable bonds is 6. The zero-order chi connectivity index (χ0) is 12.8. The largest absolute Gasteiger partial charge is 0.489 e. The second-order valence-corrected chi connectivity index (χ2v) is 4.46. The summed E-state index contributed by atoms with van der Waals surface area (Å²) in [6, 6.07) is 2.36. The molecule has 0 saturated carbocycles. The van der Waals surface area contributed by atoms with E-state index in [0.29, 0.717) is 6.04 Å². The van der Waals surface area contributed by atoms with E-state index in [-0.39, 0.29) is 12.0 Å². The predicted octanol–water partition coefficient (Wildman–Crippen LogP) is 2.75. The molecule has 1 rings (SSSR count). The van der Waals surface area contributed by atoms with Gasteiger partial charge in [0.1, 0.15) is 5.75 Å². The minimum atomic E-state index is 0.163. The molecule has 1 aromatic heterocycles. The van der Waals surface area contributed by atoms with E-state index in [1.165, 1.54) is 0 Å². The maximum absolute atomic E-state index is 5.65. The van der Waals surface area contributed by atoms with Gasteiger partial charge in [0, 0.05) is 18.2 Å². The highest BCUT2D eigenvalue weighted by atomic mass is 16.5. The quantitative estimate of drug-likeness (QED) is 0.768. The molecule has 0 saturated heterocycles. The molecule has 1 N–H and O–H groups in total. The standard InChI is InChI=1S/C14H22N2O/c1-6-14(11(4)15-5)12-7-13(9-16-8-12)17-10(2)3/h6-11,14-15H,1H2,2-5H3/t11-,14?/m0/s1. The van der Waals surface area contributed by atoms with Crippen LogP contribution in [0.4, 0.5) is 0 Å². The second kappa shape index (κ2) is 6.40. The highest BCUT2D eigenvalue weighted by Gasteiger charge is 2.15. The normalized spacial score (nSPS) is 14.4. The van der Waals surface area contributed by atoms with Crippen LogP contribution in [0.25, 0.3) is 0 Å². The van der Waals surface area contributed by atoms with Crippen molar-refractivity contribution >= 4 is 0 Å². The summed E-state index contributed by atoms with van der Waals surface area (Å²) in [5.41, 5.74) is 1.13. The van der Waals surface area contributed by atoms with Crippen molar-refractivity contribution in [2.45, 2.75) is 38.8 Å². The SMILES string of the molecule is C=CC(c1cncc(OC(C)C)c1)[C@H](C)NC. The van der Waals surface area contributed by atoms with Gasteiger partial charge in [-0.3, -0.25) is 4.98 Å². The lowest BCUT2D eigenvalue weighted by Crippen LogP contribution is -2.27. The molecule has 0 aromatic carbocycles. The van der Waals surface area contributed by atoms with Gasteiger partial charge in [0.15, 0.2) is 0 Å². The van der Waals surface area contributed by atoms with Gasteiger partial charge in [-0.05, 0) is 39.4 Å². The van der Waals surface area contributed by atoms with Crippen molar-refractivity contribution in [1.29, 1.82) is 0 Å². The Morgan fingerprint density at radius 1 is 1.35 bits per heavy atom. The van der Waals surface area contributed by atoms with Crippen molar-refractivity contribution in [3.05, 3.63) is 36.7 Å². The molecule has 2 atom stereocenters. The van der Waals surface area contributed by atoms with Gasteiger partial charge in [-0.2, -0.15) is 0 Å². The Labute approximate surface area is 104 Å². The average molecular weight is 234 g/mol. The van der Waals surface area contributed by atoms with Crippen LogP contribution in [0.15, 0.2) is 31.1 Å². The Morgan fingerprint density at radius 2 is 2.06 bits per heavy atom. The van der Waals surface area contributed by atoms with Crippen LogP contribution in [0.1, 0.15) is 32.3 Å². The molecule has 0 aliphatic carbocycles. The zero-order valence-corrected chi connectivity index (χ0v) is 11.1. The first-order chi connectivity index (χ1) is 8.08. The van der Waals surface area contributed by atoms with Crippen molar-refractivity contribution in [3.8, 4) is 5.75 Å². The lowest BCUT2D eigenvalue weighted by Gasteiger charge is -2.21. The molecule has 0 radical (unpaired) electrons. The molecule has 94 valence electrons. The van der Waals surface area contributed by atoms with Crippen LogP contribution in [-0.4, -0.2) is 24.2 Å². The Hall–Kier alpha value is -1.35. The number of nitrogens with one attached hydrogen (secondary N) is 1. The molecule has 1 unspecified atom stereocenters. The second-order valence-electron chi connectivity index (χ2n) is 4.46. The fourth-order valence-electron chi connectivity index (χ4n) is 1.76. The topological polar surface area (TPSA) is 34.1 Å². The van der Waals surface area contributed by atoms with E-state index in [2.05, 4.69) is 23.8 Å². The van der Waals surface area contributed by atoms with E-state index in [1.54, 1.807) is 6.20 Å². The van der Waals surface area contributed by atoms with E-state index in [4.69, 9.17) is 4.74 Å².